The number of sulfonamides is 1. The topological polar surface area (TPSA) is 166 Å². The van der Waals surface area contributed by atoms with E-state index in [4.69, 9.17) is 17.0 Å². The Kier molecular flexibility index (Phi) is 10.7. The molecular weight excluding hydrogens is 693 g/mol. The molecule has 1 aromatic rings. The molecule has 0 spiro atoms. The minimum atomic E-state index is -3.86. The zero-order valence-electron chi connectivity index (χ0n) is 29.6. The Balaban J connectivity index is 1.25. The Morgan fingerprint density at radius 3 is 2.51 bits per heavy atom. The molecule has 5 atom stereocenters. The van der Waals surface area contributed by atoms with E-state index in [0.717, 1.165) is 25.8 Å². The molecule has 0 unspecified atom stereocenters. The van der Waals surface area contributed by atoms with Crippen LogP contribution in [-0.4, -0.2) is 94.7 Å². The number of rotatable bonds is 5. The van der Waals surface area contributed by atoms with Gasteiger partial charge in [0.15, 0.2) is 5.11 Å². The highest BCUT2D eigenvalue weighted by molar-refractivity contribution is 7.91. The van der Waals surface area contributed by atoms with Crippen LogP contribution in [0.25, 0.3) is 0 Å². The number of allylic oxidation sites excluding steroid dienone is 1. The first-order valence-corrected chi connectivity index (χ1v) is 20.1. The van der Waals surface area contributed by atoms with Gasteiger partial charge in [-0.1, -0.05) is 49.3 Å². The van der Waals surface area contributed by atoms with Gasteiger partial charge in [0.1, 0.15) is 23.2 Å². The van der Waals surface area contributed by atoms with Crippen LogP contribution in [0.4, 0.5) is 4.79 Å². The maximum Gasteiger partial charge on any atom is 0.408 e. The summed E-state index contributed by atoms with van der Waals surface area (Å²) in [5.74, 6) is -2.15. The third-order valence-electron chi connectivity index (χ3n) is 10.3. The number of amides is 4. The van der Waals surface area contributed by atoms with Gasteiger partial charge in [-0.3, -0.25) is 19.1 Å². The van der Waals surface area contributed by atoms with E-state index in [1.807, 2.05) is 24.3 Å². The zero-order valence-corrected chi connectivity index (χ0v) is 31.2. The van der Waals surface area contributed by atoms with Crippen molar-refractivity contribution in [3.8, 4) is 0 Å². The summed E-state index contributed by atoms with van der Waals surface area (Å²) in [5, 5.41) is 8.97. The normalized spacial score (nSPS) is 28.5. The van der Waals surface area contributed by atoms with Crippen LogP contribution in [0.15, 0.2) is 36.4 Å². The van der Waals surface area contributed by atoms with Crippen molar-refractivity contribution in [1.82, 2.24) is 30.5 Å². The summed E-state index contributed by atoms with van der Waals surface area (Å²) in [6.45, 7) is 6.72. The summed E-state index contributed by atoms with van der Waals surface area (Å²) in [6, 6.07) is 5.87. The lowest BCUT2D eigenvalue weighted by Crippen LogP contribution is -2.58. The van der Waals surface area contributed by atoms with Gasteiger partial charge in [-0.05, 0) is 95.5 Å². The number of benzene rings is 1. The second-order valence-electron chi connectivity index (χ2n) is 15.5. The first-order valence-electron chi connectivity index (χ1n) is 18.1. The van der Waals surface area contributed by atoms with E-state index in [-0.39, 0.29) is 19.4 Å². The fourth-order valence-electron chi connectivity index (χ4n) is 7.29. The molecule has 6 rings (SSSR count). The summed E-state index contributed by atoms with van der Waals surface area (Å²) in [5.41, 5.74) is 0.237. The molecule has 0 bridgehead atoms. The minimum Gasteiger partial charge on any atom is -0.444 e. The van der Waals surface area contributed by atoms with Gasteiger partial charge in [-0.2, -0.15) is 0 Å². The lowest BCUT2D eigenvalue weighted by molar-refractivity contribution is -0.141. The summed E-state index contributed by atoms with van der Waals surface area (Å²) in [4.78, 5) is 58.8. The summed E-state index contributed by atoms with van der Waals surface area (Å²) >= 11 is 5.84. The molecule has 51 heavy (non-hydrogen) atoms. The number of hydrogen-bond donors (Lipinski definition) is 4. The molecule has 13 nitrogen and oxygen atoms in total. The number of hydrogen-bond acceptors (Lipinski definition) is 8. The average molecular weight is 743 g/mol. The Bertz CT molecular complexity index is 1690. The summed E-state index contributed by atoms with van der Waals surface area (Å²) in [7, 11) is -3.86. The van der Waals surface area contributed by atoms with Crippen molar-refractivity contribution in [3.05, 3.63) is 47.5 Å². The van der Waals surface area contributed by atoms with E-state index in [1.165, 1.54) is 16.0 Å². The van der Waals surface area contributed by atoms with Crippen molar-refractivity contribution >= 4 is 51.2 Å². The highest BCUT2D eigenvalue weighted by Crippen LogP contribution is 2.46. The second-order valence-corrected chi connectivity index (χ2v) is 17.9. The van der Waals surface area contributed by atoms with Crippen LogP contribution in [0.2, 0.25) is 0 Å². The van der Waals surface area contributed by atoms with E-state index in [9.17, 15) is 27.6 Å². The molecule has 2 aliphatic carbocycles. The molecule has 1 saturated heterocycles. The van der Waals surface area contributed by atoms with Crippen LogP contribution < -0.4 is 20.7 Å². The molecule has 4 N–H and O–H groups in total. The van der Waals surface area contributed by atoms with Gasteiger partial charge in [-0.15, -0.1) is 0 Å². The summed E-state index contributed by atoms with van der Waals surface area (Å²) < 4.78 is 33.3. The Morgan fingerprint density at radius 2 is 1.78 bits per heavy atom. The first-order chi connectivity index (χ1) is 24.1. The first kappa shape index (κ1) is 37.1. The number of fused-ring (bicyclic) bond motifs is 3. The number of carbonyl (C=O) groups is 4. The molecule has 278 valence electrons. The fraction of sp³-hybridized carbons (Fsp3) is 0.639. The van der Waals surface area contributed by atoms with Crippen LogP contribution in [0.1, 0.15) is 89.7 Å². The van der Waals surface area contributed by atoms with Gasteiger partial charge in [0.25, 0.3) is 5.91 Å². The molecule has 4 amide bonds. The van der Waals surface area contributed by atoms with E-state index < -0.39 is 74.3 Å². The Morgan fingerprint density at radius 1 is 1.04 bits per heavy atom. The van der Waals surface area contributed by atoms with E-state index >= 15 is 0 Å². The highest BCUT2D eigenvalue weighted by Gasteiger charge is 2.62. The predicted octanol–water partition coefficient (Wildman–Crippen LogP) is 2.79. The quantitative estimate of drug-likeness (QED) is 0.261. The van der Waals surface area contributed by atoms with Gasteiger partial charge in [0.2, 0.25) is 21.8 Å². The molecule has 3 fully saturated rings. The number of nitrogens with one attached hydrogen (secondary N) is 4. The van der Waals surface area contributed by atoms with Crippen molar-refractivity contribution in [2.75, 3.05) is 13.1 Å². The number of nitrogens with zero attached hydrogens (tertiary/aromatic N) is 2. The lowest BCUT2D eigenvalue weighted by atomic mass is 10.0. The van der Waals surface area contributed by atoms with E-state index in [2.05, 4.69) is 37.7 Å². The van der Waals surface area contributed by atoms with Gasteiger partial charge in [0.05, 0.1) is 5.25 Å². The van der Waals surface area contributed by atoms with Crippen LogP contribution in [0, 0.1) is 5.92 Å². The maximum atomic E-state index is 14.4. The SMILES string of the molecule is CC(C)(C)OC(=O)N[C@@H]1CCCCCC=C[C@@H]2C[C@@]2(C(=O)NS(=O)(=O)C2CC2)NC(=O)[C@@H]2C[C@@H](NC(=S)N3CCc4ccccc4C3)CN2C1=O. The second kappa shape index (κ2) is 14.7. The molecule has 1 aromatic carbocycles. The van der Waals surface area contributed by atoms with Crippen molar-refractivity contribution in [2.24, 2.45) is 5.92 Å². The van der Waals surface area contributed by atoms with E-state index in [0.29, 0.717) is 43.8 Å². The van der Waals surface area contributed by atoms with Crippen molar-refractivity contribution in [3.63, 3.8) is 0 Å². The largest absolute Gasteiger partial charge is 0.444 e. The molecule has 3 aliphatic heterocycles. The maximum absolute atomic E-state index is 14.4. The smallest absolute Gasteiger partial charge is 0.408 e. The number of carbonyl (C=O) groups excluding carboxylic acids is 4. The lowest BCUT2D eigenvalue weighted by Gasteiger charge is -2.32. The Hall–Kier alpha value is -3.72. The Labute approximate surface area is 305 Å². The van der Waals surface area contributed by atoms with Crippen molar-refractivity contribution < 1.29 is 32.3 Å². The third-order valence-corrected chi connectivity index (χ3v) is 12.5. The van der Waals surface area contributed by atoms with Crippen molar-refractivity contribution in [2.45, 2.75) is 126 Å². The van der Waals surface area contributed by atoms with Crippen molar-refractivity contribution in [1.29, 1.82) is 0 Å². The standard InChI is InChI=1S/C36H50N6O7S2/c1-35(2,3)49-34(46)38-28-14-8-6-4-5-7-13-25-20-36(25,32(45)40-51(47,48)27-15-16-27)39-30(43)29-19-26(22-42(29)31(28)44)37-33(50)41-18-17-23-11-9-10-12-24(23)21-41/h7,9-13,25-29H,4-6,8,14-22H2,1-3H3,(H,37,50)(H,38,46)(H,39,43)(H,40,45)/t25-,26-,28-,29+,36-/m1/s1. The summed E-state index contributed by atoms with van der Waals surface area (Å²) in [6.07, 6.45) is 8.70. The molecule has 0 radical (unpaired) electrons. The number of ether oxygens (including phenoxy) is 1. The van der Waals surface area contributed by atoms with Gasteiger partial charge < -0.3 is 30.5 Å². The van der Waals surface area contributed by atoms with Gasteiger partial charge in [0, 0.05) is 31.6 Å². The molecule has 0 aromatic heterocycles. The number of alkyl carbamates (subject to hydrolysis) is 1. The van der Waals surface area contributed by atoms with E-state index in [1.54, 1.807) is 20.8 Å². The predicted molar refractivity (Wildman–Crippen MR) is 195 cm³/mol. The van der Waals surface area contributed by atoms with Gasteiger partial charge in [-0.25, -0.2) is 13.2 Å². The van der Waals surface area contributed by atoms with Crippen LogP contribution in [0.3, 0.4) is 0 Å². The minimum absolute atomic E-state index is 0.132. The average Bonchev–Trinajstić information content (AvgIpc) is 3.99. The molecule has 2 saturated carbocycles. The molecular formula is C36H50N6O7S2. The van der Waals surface area contributed by atoms with Crippen LogP contribution in [-0.2, 0) is 42.1 Å². The molecule has 15 heteroatoms. The van der Waals surface area contributed by atoms with Crippen LogP contribution >= 0.6 is 12.2 Å². The van der Waals surface area contributed by atoms with Gasteiger partial charge >= 0.3 is 6.09 Å². The monoisotopic (exact) mass is 742 g/mol. The molecule has 3 heterocycles. The zero-order chi connectivity index (χ0) is 36.6. The molecule has 5 aliphatic rings. The third kappa shape index (κ3) is 8.85. The number of thiocarbonyl (C=S) groups is 1. The highest BCUT2D eigenvalue weighted by atomic mass is 32.2. The van der Waals surface area contributed by atoms with Crippen LogP contribution in [0.5, 0.6) is 0 Å². The fourth-order valence-corrected chi connectivity index (χ4v) is 8.98.